The fourth-order valence-corrected chi connectivity index (χ4v) is 2.76. The number of methoxy groups -OCH3 is 2. The second-order valence-electron chi connectivity index (χ2n) is 5.65. The van der Waals surface area contributed by atoms with Crippen molar-refractivity contribution in [3.05, 3.63) is 23.8 Å². The van der Waals surface area contributed by atoms with Crippen LogP contribution in [-0.2, 0) is 16.0 Å². The standard InChI is InChI=1S/C17H24N2O4/c1-22-14-8-7-12(11-15(14)23-2)9-10-18-16(20)17(21)19-13-5-3-4-6-13/h7-8,11,13H,3-6,9-10H2,1-2H3,(H,18,20)(H,19,21). The van der Waals surface area contributed by atoms with Crippen molar-refractivity contribution in [2.45, 2.75) is 38.1 Å². The van der Waals surface area contributed by atoms with Crippen LogP contribution in [0.25, 0.3) is 0 Å². The summed E-state index contributed by atoms with van der Waals surface area (Å²) in [4.78, 5) is 23.5. The molecule has 0 heterocycles. The Morgan fingerprint density at radius 3 is 2.43 bits per heavy atom. The Morgan fingerprint density at radius 1 is 1.09 bits per heavy atom. The number of ether oxygens (including phenoxy) is 2. The Kier molecular flexibility index (Phi) is 6.26. The van der Waals surface area contributed by atoms with E-state index in [2.05, 4.69) is 10.6 Å². The van der Waals surface area contributed by atoms with Crippen LogP contribution in [0.2, 0.25) is 0 Å². The Balaban J connectivity index is 1.77. The number of carbonyl (C=O) groups is 2. The third-order valence-electron chi connectivity index (χ3n) is 4.04. The molecule has 23 heavy (non-hydrogen) atoms. The lowest BCUT2D eigenvalue weighted by Gasteiger charge is -2.12. The summed E-state index contributed by atoms with van der Waals surface area (Å²) < 4.78 is 10.4. The molecule has 0 spiro atoms. The van der Waals surface area contributed by atoms with E-state index in [1.54, 1.807) is 14.2 Å². The largest absolute Gasteiger partial charge is 0.493 e. The molecule has 0 radical (unpaired) electrons. The first-order valence-electron chi connectivity index (χ1n) is 7.93. The predicted molar refractivity (Wildman–Crippen MR) is 86.7 cm³/mol. The molecule has 2 N–H and O–H groups in total. The highest BCUT2D eigenvalue weighted by Gasteiger charge is 2.20. The second-order valence-corrected chi connectivity index (χ2v) is 5.65. The van der Waals surface area contributed by atoms with Crippen LogP contribution in [0.3, 0.4) is 0 Å². The third kappa shape index (κ3) is 4.87. The lowest BCUT2D eigenvalue weighted by Crippen LogP contribution is -2.44. The number of nitrogens with one attached hydrogen (secondary N) is 2. The summed E-state index contributed by atoms with van der Waals surface area (Å²) in [6, 6.07) is 5.75. The number of hydrogen-bond acceptors (Lipinski definition) is 4. The molecule has 0 unspecified atom stereocenters. The second kappa shape index (κ2) is 8.41. The highest BCUT2D eigenvalue weighted by molar-refractivity contribution is 6.35. The number of amides is 2. The van der Waals surface area contributed by atoms with E-state index in [0.717, 1.165) is 31.2 Å². The number of carbonyl (C=O) groups excluding carboxylic acids is 2. The molecule has 0 aliphatic heterocycles. The van der Waals surface area contributed by atoms with Crippen LogP contribution in [0.4, 0.5) is 0 Å². The van der Waals surface area contributed by atoms with Gasteiger partial charge in [0.1, 0.15) is 0 Å². The van der Waals surface area contributed by atoms with E-state index >= 15 is 0 Å². The number of rotatable bonds is 6. The van der Waals surface area contributed by atoms with Gasteiger partial charge in [-0.2, -0.15) is 0 Å². The van der Waals surface area contributed by atoms with Crippen molar-refractivity contribution in [2.24, 2.45) is 0 Å². The summed E-state index contributed by atoms with van der Waals surface area (Å²) >= 11 is 0. The summed E-state index contributed by atoms with van der Waals surface area (Å²) in [7, 11) is 3.16. The normalized spacial score (nSPS) is 14.3. The lowest BCUT2D eigenvalue weighted by molar-refractivity contribution is -0.139. The molecule has 6 heteroatoms. The van der Waals surface area contributed by atoms with Gasteiger partial charge in [0, 0.05) is 12.6 Å². The Bertz CT molecular complexity index is 554. The van der Waals surface area contributed by atoms with Gasteiger partial charge in [-0.3, -0.25) is 9.59 Å². The molecule has 6 nitrogen and oxygen atoms in total. The van der Waals surface area contributed by atoms with Crippen LogP contribution in [-0.4, -0.2) is 38.6 Å². The molecule has 0 atom stereocenters. The number of hydrogen-bond donors (Lipinski definition) is 2. The van der Waals surface area contributed by atoms with E-state index in [-0.39, 0.29) is 6.04 Å². The molecule has 0 bridgehead atoms. The molecule has 0 saturated heterocycles. The fourth-order valence-electron chi connectivity index (χ4n) is 2.76. The maximum atomic E-state index is 11.8. The van der Waals surface area contributed by atoms with Crippen molar-refractivity contribution in [1.29, 1.82) is 0 Å². The molecule has 1 aromatic carbocycles. The quantitative estimate of drug-likeness (QED) is 0.777. The first-order chi connectivity index (χ1) is 11.1. The Hall–Kier alpha value is -2.24. The minimum atomic E-state index is -0.572. The first-order valence-corrected chi connectivity index (χ1v) is 7.93. The predicted octanol–water partition coefficient (Wildman–Crippen LogP) is 1.42. The summed E-state index contributed by atoms with van der Waals surface area (Å²) in [5, 5.41) is 5.42. The van der Waals surface area contributed by atoms with Gasteiger partial charge < -0.3 is 20.1 Å². The molecule has 0 aromatic heterocycles. The molecule has 1 saturated carbocycles. The van der Waals surface area contributed by atoms with E-state index in [9.17, 15) is 9.59 Å². The zero-order chi connectivity index (χ0) is 16.7. The van der Waals surface area contributed by atoms with Crippen LogP contribution < -0.4 is 20.1 Å². The summed E-state index contributed by atoms with van der Waals surface area (Å²) in [5.74, 6) is 0.202. The van der Waals surface area contributed by atoms with Crippen LogP contribution in [0.5, 0.6) is 11.5 Å². The minimum absolute atomic E-state index is 0.152. The summed E-state index contributed by atoms with van der Waals surface area (Å²) in [6.07, 6.45) is 4.77. The van der Waals surface area contributed by atoms with Gasteiger partial charge in [0.25, 0.3) is 0 Å². The third-order valence-corrected chi connectivity index (χ3v) is 4.04. The molecule has 2 rings (SSSR count). The lowest BCUT2D eigenvalue weighted by atomic mass is 10.1. The molecule has 2 amide bonds. The van der Waals surface area contributed by atoms with E-state index < -0.39 is 11.8 Å². The zero-order valence-corrected chi connectivity index (χ0v) is 13.7. The summed E-state index contributed by atoms with van der Waals surface area (Å²) in [6.45, 7) is 0.395. The van der Waals surface area contributed by atoms with Gasteiger partial charge in [-0.15, -0.1) is 0 Å². The van der Waals surface area contributed by atoms with E-state index in [1.807, 2.05) is 18.2 Å². The molecular weight excluding hydrogens is 296 g/mol. The summed E-state index contributed by atoms with van der Waals surface area (Å²) in [5.41, 5.74) is 0.999. The molecule has 1 aliphatic rings. The topological polar surface area (TPSA) is 76.7 Å². The van der Waals surface area contributed by atoms with Gasteiger partial charge in [0.05, 0.1) is 14.2 Å². The zero-order valence-electron chi connectivity index (χ0n) is 13.7. The van der Waals surface area contributed by atoms with Crippen molar-refractivity contribution >= 4 is 11.8 Å². The molecule has 126 valence electrons. The van der Waals surface area contributed by atoms with Gasteiger partial charge in [0.15, 0.2) is 11.5 Å². The van der Waals surface area contributed by atoms with Crippen LogP contribution in [0.15, 0.2) is 18.2 Å². The molecule has 1 fully saturated rings. The highest BCUT2D eigenvalue weighted by Crippen LogP contribution is 2.27. The van der Waals surface area contributed by atoms with Gasteiger partial charge in [0.2, 0.25) is 0 Å². The van der Waals surface area contributed by atoms with Crippen molar-refractivity contribution in [2.75, 3.05) is 20.8 Å². The Morgan fingerprint density at radius 2 is 1.78 bits per heavy atom. The maximum Gasteiger partial charge on any atom is 0.309 e. The van der Waals surface area contributed by atoms with Crippen molar-refractivity contribution < 1.29 is 19.1 Å². The van der Waals surface area contributed by atoms with Gasteiger partial charge in [-0.05, 0) is 37.0 Å². The molecule has 1 aromatic rings. The smallest absolute Gasteiger partial charge is 0.309 e. The van der Waals surface area contributed by atoms with Gasteiger partial charge in [-0.1, -0.05) is 18.9 Å². The van der Waals surface area contributed by atoms with E-state index in [1.165, 1.54) is 0 Å². The van der Waals surface area contributed by atoms with E-state index in [4.69, 9.17) is 9.47 Å². The van der Waals surface area contributed by atoms with E-state index in [0.29, 0.717) is 24.5 Å². The van der Waals surface area contributed by atoms with Crippen LogP contribution >= 0.6 is 0 Å². The average Bonchev–Trinajstić information content (AvgIpc) is 3.07. The van der Waals surface area contributed by atoms with Crippen molar-refractivity contribution in [1.82, 2.24) is 10.6 Å². The monoisotopic (exact) mass is 320 g/mol. The molecular formula is C17H24N2O4. The van der Waals surface area contributed by atoms with Crippen LogP contribution in [0.1, 0.15) is 31.2 Å². The maximum absolute atomic E-state index is 11.8. The van der Waals surface area contributed by atoms with Gasteiger partial charge >= 0.3 is 11.8 Å². The number of benzene rings is 1. The minimum Gasteiger partial charge on any atom is -0.493 e. The SMILES string of the molecule is COc1ccc(CCNC(=O)C(=O)NC2CCCC2)cc1OC. The van der Waals surface area contributed by atoms with Crippen molar-refractivity contribution in [3.8, 4) is 11.5 Å². The van der Waals surface area contributed by atoms with Gasteiger partial charge in [-0.25, -0.2) is 0 Å². The average molecular weight is 320 g/mol. The fraction of sp³-hybridized carbons (Fsp3) is 0.529. The molecule has 1 aliphatic carbocycles. The van der Waals surface area contributed by atoms with Crippen LogP contribution in [0, 0.1) is 0 Å². The Labute approximate surface area is 136 Å². The highest BCUT2D eigenvalue weighted by atomic mass is 16.5. The van der Waals surface area contributed by atoms with Crippen molar-refractivity contribution in [3.63, 3.8) is 0 Å². The first kappa shape index (κ1) is 17.1.